The van der Waals surface area contributed by atoms with Crippen LogP contribution in [0.3, 0.4) is 0 Å². The van der Waals surface area contributed by atoms with Gasteiger partial charge in [-0.1, -0.05) is 0 Å². The van der Waals surface area contributed by atoms with Gasteiger partial charge in [-0.15, -0.1) is 11.6 Å². The first kappa shape index (κ1) is 10.7. The summed E-state index contributed by atoms with van der Waals surface area (Å²) in [5, 5.41) is 7.87. The summed E-state index contributed by atoms with van der Waals surface area (Å²) in [6.07, 6.45) is 1.47. The molecule has 0 aromatic heterocycles. The van der Waals surface area contributed by atoms with Crippen molar-refractivity contribution < 1.29 is 9.90 Å². The fourth-order valence-corrected chi connectivity index (χ4v) is 0. The van der Waals surface area contributed by atoms with Gasteiger partial charge < -0.3 is 10.8 Å². The summed E-state index contributed by atoms with van der Waals surface area (Å²) in [7, 11) is 0. The first-order valence-corrected chi connectivity index (χ1v) is 2.76. The fraction of sp³-hybridized carbons (Fsp3) is 0.750. The molecule has 0 saturated carbocycles. The van der Waals surface area contributed by atoms with Crippen molar-refractivity contribution in [3.63, 3.8) is 0 Å². The van der Waals surface area contributed by atoms with Gasteiger partial charge in [-0.05, 0) is 6.92 Å². The molecule has 0 aliphatic rings. The number of aliphatic carboxylic acids is 1. The molecule has 4 heteroatoms. The minimum Gasteiger partial charge on any atom is -0.480 e. The highest BCUT2D eigenvalue weighted by Gasteiger charge is 1.99. The summed E-state index contributed by atoms with van der Waals surface area (Å²) < 4.78 is 0. The first-order chi connectivity index (χ1) is 3.64. The highest BCUT2D eigenvalue weighted by molar-refractivity contribution is 6.15. The molecule has 3 nitrogen and oxygen atoms in total. The molecule has 0 aliphatic heterocycles. The molecule has 0 bridgehead atoms. The van der Waals surface area contributed by atoms with Crippen molar-refractivity contribution >= 4 is 17.6 Å². The van der Waals surface area contributed by atoms with Gasteiger partial charge in [0.1, 0.15) is 6.04 Å². The van der Waals surface area contributed by atoms with Crippen LogP contribution in [0.4, 0.5) is 0 Å². The molecule has 1 unspecified atom stereocenters. The third-order valence-corrected chi connectivity index (χ3v) is 0.390. The van der Waals surface area contributed by atoms with Crippen molar-refractivity contribution in [1.82, 2.24) is 0 Å². The van der Waals surface area contributed by atoms with Crippen molar-refractivity contribution in [3.8, 4) is 0 Å². The number of rotatable bonds is 1. The minimum atomic E-state index is -0.963. The maximum absolute atomic E-state index is 9.57. The largest absolute Gasteiger partial charge is 0.480 e. The van der Waals surface area contributed by atoms with E-state index >= 15 is 0 Å². The number of nitrogens with two attached hydrogens (primary N) is 1. The lowest BCUT2D eigenvalue weighted by Gasteiger charge is -1.90. The number of hydrogen-bond acceptors (Lipinski definition) is 2. The van der Waals surface area contributed by atoms with Crippen molar-refractivity contribution in [1.29, 1.82) is 0 Å². The van der Waals surface area contributed by atoms with Crippen LogP contribution >= 0.6 is 11.6 Å². The third-order valence-electron chi connectivity index (χ3n) is 0.390. The normalized spacial score (nSPS) is 11.0. The van der Waals surface area contributed by atoms with Gasteiger partial charge in [0, 0.05) is 6.38 Å². The minimum absolute atomic E-state index is 0.731. The second-order valence-corrected chi connectivity index (χ2v) is 1.13. The van der Waals surface area contributed by atoms with Crippen LogP contribution in [0, 0.1) is 0 Å². The average Bonchev–Trinajstić information content (AvgIpc) is 1.72. The monoisotopic (exact) mass is 139 g/mol. The molecule has 0 amide bonds. The van der Waals surface area contributed by atoms with Crippen LogP contribution in [0.5, 0.6) is 0 Å². The maximum atomic E-state index is 9.57. The van der Waals surface area contributed by atoms with Crippen molar-refractivity contribution in [2.45, 2.75) is 13.0 Å². The second-order valence-electron chi connectivity index (χ2n) is 1.13. The molecule has 50 valence electrons. The Hall–Kier alpha value is -0.280. The molecule has 0 radical (unpaired) electrons. The Balaban J connectivity index is 0. The van der Waals surface area contributed by atoms with E-state index in [0.717, 1.165) is 0 Å². The topological polar surface area (TPSA) is 63.3 Å². The molecule has 0 aliphatic carbocycles. The average molecular weight is 140 g/mol. The van der Waals surface area contributed by atoms with E-state index in [2.05, 4.69) is 11.6 Å². The molecule has 0 fully saturated rings. The summed E-state index contributed by atoms with van der Waals surface area (Å²) >= 11 is 4.64. The van der Waals surface area contributed by atoms with Crippen LogP contribution < -0.4 is 5.73 Å². The summed E-state index contributed by atoms with van der Waals surface area (Å²) in [6, 6.07) is -0.731. The Labute approximate surface area is 53.4 Å². The Morgan fingerprint density at radius 1 is 1.75 bits per heavy atom. The molecule has 0 heterocycles. The fourth-order valence-electron chi connectivity index (χ4n) is 0. The Kier molecular flexibility index (Phi) is 8.95. The van der Waals surface area contributed by atoms with E-state index in [4.69, 9.17) is 10.8 Å². The summed E-state index contributed by atoms with van der Waals surface area (Å²) in [6.45, 7) is 1.42. The number of carboxylic acids is 1. The first-order valence-electron chi connectivity index (χ1n) is 2.01. The molecule has 0 aromatic rings. The molecule has 3 N–H and O–H groups in total. The SMILES string of the molecule is CC(N)C(=O)O.CCl. The van der Waals surface area contributed by atoms with Gasteiger partial charge in [-0.25, -0.2) is 0 Å². The highest BCUT2D eigenvalue weighted by Crippen LogP contribution is 1.68. The molecular formula is C4H10ClNO2. The molecule has 1 atom stereocenters. The van der Waals surface area contributed by atoms with Crippen LogP contribution in [-0.4, -0.2) is 23.5 Å². The number of hydrogen-bond donors (Lipinski definition) is 2. The van der Waals surface area contributed by atoms with Gasteiger partial charge in [0.25, 0.3) is 0 Å². The van der Waals surface area contributed by atoms with Crippen molar-refractivity contribution in [2.24, 2.45) is 5.73 Å². The smallest absolute Gasteiger partial charge is 0.320 e. The maximum Gasteiger partial charge on any atom is 0.320 e. The van der Waals surface area contributed by atoms with Gasteiger partial charge in [0.15, 0.2) is 0 Å². The summed E-state index contributed by atoms with van der Waals surface area (Å²) in [5.41, 5.74) is 4.84. The summed E-state index contributed by atoms with van der Waals surface area (Å²) in [5.74, 6) is -0.963. The highest BCUT2D eigenvalue weighted by atomic mass is 35.5. The molecule has 0 aromatic carbocycles. The third kappa shape index (κ3) is 9.21. The zero-order valence-electron chi connectivity index (χ0n) is 4.89. The molecule has 0 rings (SSSR count). The van der Waals surface area contributed by atoms with Crippen LogP contribution in [0.1, 0.15) is 6.92 Å². The van der Waals surface area contributed by atoms with E-state index in [1.165, 1.54) is 13.3 Å². The Bertz CT molecular complexity index is 65.1. The predicted octanol–water partition coefficient (Wildman–Crippen LogP) is 0.273. The van der Waals surface area contributed by atoms with Gasteiger partial charge in [-0.3, -0.25) is 4.79 Å². The quantitative estimate of drug-likeness (QED) is 0.513. The standard InChI is InChI=1S/C3H7NO2.CH3Cl/c1-2(4)3(5)6;1-2/h2H,4H2,1H3,(H,5,6);1H3. The van der Waals surface area contributed by atoms with E-state index in [1.807, 2.05) is 0 Å². The van der Waals surface area contributed by atoms with Gasteiger partial charge in [-0.2, -0.15) is 0 Å². The number of carbonyl (C=O) groups is 1. The zero-order valence-corrected chi connectivity index (χ0v) is 5.64. The van der Waals surface area contributed by atoms with Crippen LogP contribution in [-0.2, 0) is 4.79 Å². The number of alkyl halides is 1. The van der Waals surface area contributed by atoms with Crippen LogP contribution in [0.15, 0.2) is 0 Å². The van der Waals surface area contributed by atoms with E-state index in [0.29, 0.717) is 0 Å². The molecular weight excluding hydrogens is 130 g/mol. The molecule has 0 spiro atoms. The summed E-state index contributed by atoms with van der Waals surface area (Å²) in [4.78, 5) is 9.57. The van der Waals surface area contributed by atoms with E-state index in [-0.39, 0.29) is 0 Å². The lowest BCUT2D eigenvalue weighted by molar-refractivity contribution is -0.138. The second kappa shape index (κ2) is 6.72. The Morgan fingerprint density at radius 2 is 1.88 bits per heavy atom. The van der Waals surface area contributed by atoms with Crippen molar-refractivity contribution in [2.75, 3.05) is 6.38 Å². The van der Waals surface area contributed by atoms with Gasteiger partial charge in [0.05, 0.1) is 0 Å². The van der Waals surface area contributed by atoms with E-state index in [1.54, 1.807) is 0 Å². The number of halogens is 1. The van der Waals surface area contributed by atoms with Crippen LogP contribution in [0.25, 0.3) is 0 Å². The van der Waals surface area contributed by atoms with Crippen molar-refractivity contribution in [3.05, 3.63) is 0 Å². The molecule has 0 saturated heterocycles. The zero-order chi connectivity index (χ0) is 7.15. The van der Waals surface area contributed by atoms with Gasteiger partial charge in [0.2, 0.25) is 0 Å². The Morgan fingerprint density at radius 3 is 1.88 bits per heavy atom. The van der Waals surface area contributed by atoms with E-state index in [9.17, 15) is 4.79 Å². The lowest BCUT2D eigenvalue weighted by Crippen LogP contribution is -2.25. The van der Waals surface area contributed by atoms with E-state index < -0.39 is 12.0 Å². The number of carboxylic acid groups (broad SMARTS) is 1. The predicted molar refractivity (Wildman–Crippen MR) is 33.1 cm³/mol. The van der Waals surface area contributed by atoms with Gasteiger partial charge >= 0.3 is 5.97 Å². The van der Waals surface area contributed by atoms with Crippen LogP contribution in [0.2, 0.25) is 0 Å². The molecule has 8 heavy (non-hydrogen) atoms. The lowest BCUT2D eigenvalue weighted by atomic mass is 10.4.